The van der Waals surface area contributed by atoms with E-state index in [1.165, 1.54) is 25.1 Å². The topological polar surface area (TPSA) is 79.3 Å². The molecule has 2 aromatic carbocycles. The largest absolute Gasteiger partial charge is 0.435 e. The van der Waals surface area contributed by atoms with Gasteiger partial charge in [0, 0.05) is 16.4 Å². The van der Waals surface area contributed by atoms with Crippen LogP contribution in [0.15, 0.2) is 59.4 Å². The van der Waals surface area contributed by atoms with Gasteiger partial charge in [0.05, 0.1) is 5.56 Å². The summed E-state index contributed by atoms with van der Waals surface area (Å²) >= 11 is 5.90. The van der Waals surface area contributed by atoms with Crippen LogP contribution in [-0.4, -0.2) is 20.5 Å². The lowest BCUT2D eigenvalue weighted by Crippen LogP contribution is -2.29. The maximum Gasteiger partial charge on any atom is 0.435 e. The maximum atomic E-state index is 13.7. The smallest absolute Gasteiger partial charge is 0.342 e. The Bertz CT molecular complexity index is 1360. The fourth-order valence-corrected chi connectivity index (χ4v) is 3.48. The molecule has 0 saturated carbocycles. The van der Waals surface area contributed by atoms with Gasteiger partial charge in [-0.2, -0.15) is 22.8 Å². The van der Waals surface area contributed by atoms with E-state index in [-0.39, 0.29) is 28.0 Å². The molecule has 0 bridgehead atoms. The molecule has 2 N–H and O–H groups in total. The van der Waals surface area contributed by atoms with E-state index in [0.717, 1.165) is 0 Å². The predicted molar refractivity (Wildman–Crippen MR) is 110 cm³/mol. The van der Waals surface area contributed by atoms with Crippen LogP contribution < -0.4 is 10.9 Å². The molecule has 4 rings (SSSR count). The Morgan fingerprint density at radius 2 is 1.84 bits per heavy atom. The number of hydrogen-bond donors (Lipinski definition) is 2. The van der Waals surface area contributed by atoms with Crippen molar-refractivity contribution in [1.29, 1.82) is 0 Å². The normalized spacial score (nSPS) is 11.6. The summed E-state index contributed by atoms with van der Waals surface area (Å²) in [5.41, 5.74) is -2.31. The van der Waals surface area contributed by atoms with Crippen LogP contribution in [-0.2, 0) is 6.18 Å². The van der Waals surface area contributed by atoms with Crippen LogP contribution in [0, 0.1) is 6.92 Å². The Morgan fingerprint density at radius 1 is 1.13 bits per heavy atom. The number of carbonyl (C=O) groups excluding carboxylic acids is 1. The lowest BCUT2D eigenvalue weighted by Gasteiger charge is -2.09. The molecule has 6 nitrogen and oxygen atoms in total. The Labute approximate surface area is 178 Å². The molecule has 0 saturated heterocycles. The highest BCUT2D eigenvalue weighted by Crippen LogP contribution is 2.38. The minimum atomic E-state index is -4.81. The Balaban J connectivity index is 1.91. The monoisotopic (exact) mass is 446 g/mol. The van der Waals surface area contributed by atoms with E-state index in [1.54, 1.807) is 36.4 Å². The van der Waals surface area contributed by atoms with Gasteiger partial charge in [0.1, 0.15) is 11.2 Å². The second-order valence-corrected chi connectivity index (χ2v) is 7.18. The summed E-state index contributed by atoms with van der Waals surface area (Å²) in [6.45, 7) is 1.43. The number of halogens is 4. The van der Waals surface area contributed by atoms with Crippen molar-refractivity contribution in [2.24, 2.45) is 0 Å². The highest BCUT2D eigenvalue weighted by molar-refractivity contribution is 6.31. The van der Waals surface area contributed by atoms with Crippen LogP contribution >= 0.6 is 11.6 Å². The van der Waals surface area contributed by atoms with Crippen molar-refractivity contribution in [2.75, 3.05) is 5.32 Å². The zero-order valence-electron chi connectivity index (χ0n) is 15.9. The van der Waals surface area contributed by atoms with E-state index in [4.69, 9.17) is 11.6 Å². The number of amides is 1. The molecule has 0 fully saturated rings. The third kappa shape index (κ3) is 3.79. The molecule has 4 aromatic rings. The molecule has 0 unspecified atom stereocenters. The van der Waals surface area contributed by atoms with Gasteiger partial charge in [0.25, 0.3) is 11.5 Å². The third-order valence-electron chi connectivity index (χ3n) is 4.61. The fraction of sp³-hybridized carbons (Fsp3) is 0.0952. The number of rotatable bonds is 3. The molecule has 10 heteroatoms. The number of H-pyrrole nitrogens is 1. The van der Waals surface area contributed by atoms with Crippen molar-refractivity contribution >= 4 is 28.8 Å². The molecule has 1 amide bonds. The number of benzene rings is 2. The molecule has 158 valence electrons. The fourth-order valence-electron chi connectivity index (χ4n) is 3.29. The lowest BCUT2D eigenvalue weighted by atomic mass is 10.1. The molecular weight excluding hydrogens is 433 g/mol. The van der Waals surface area contributed by atoms with E-state index in [0.29, 0.717) is 15.2 Å². The number of nitrogens with one attached hydrogen (secondary N) is 2. The minimum Gasteiger partial charge on any atom is -0.342 e. The summed E-state index contributed by atoms with van der Waals surface area (Å²) in [6.07, 6.45) is -4.81. The third-order valence-corrected chi connectivity index (χ3v) is 4.85. The van der Waals surface area contributed by atoms with Gasteiger partial charge in [-0.05, 0) is 30.7 Å². The Hall–Kier alpha value is -3.59. The van der Waals surface area contributed by atoms with Crippen LogP contribution in [0.25, 0.3) is 16.8 Å². The van der Waals surface area contributed by atoms with Gasteiger partial charge in [0.2, 0.25) is 0 Å². The first-order chi connectivity index (χ1) is 14.7. The van der Waals surface area contributed by atoms with Gasteiger partial charge >= 0.3 is 6.18 Å². The van der Waals surface area contributed by atoms with Crippen molar-refractivity contribution in [3.63, 3.8) is 0 Å². The summed E-state index contributed by atoms with van der Waals surface area (Å²) in [5, 5.41) is 6.40. The highest BCUT2D eigenvalue weighted by Gasteiger charge is 2.39. The molecule has 2 aromatic heterocycles. The van der Waals surface area contributed by atoms with Gasteiger partial charge < -0.3 is 10.3 Å². The zero-order valence-corrected chi connectivity index (χ0v) is 16.7. The van der Waals surface area contributed by atoms with Gasteiger partial charge in [-0.1, -0.05) is 48.0 Å². The van der Waals surface area contributed by atoms with Gasteiger partial charge in [-0.15, -0.1) is 0 Å². The summed E-state index contributed by atoms with van der Waals surface area (Å²) in [5.74, 6) is -0.798. The minimum absolute atomic E-state index is 0.0998. The van der Waals surface area contributed by atoms with Crippen LogP contribution in [0.2, 0.25) is 5.02 Å². The SMILES string of the molecule is Cc1[nH]c2c(-c3ccccc3)c(C(F)(F)F)nn2c(=O)c1C(=O)Nc1cccc(Cl)c1. The average Bonchev–Trinajstić information content (AvgIpc) is 3.09. The maximum absolute atomic E-state index is 13.7. The number of nitrogens with zero attached hydrogens (tertiary/aromatic N) is 2. The molecule has 0 atom stereocenters. The van der Waals surface area contributed by atoms with Crippen molar-refractivity contribution < 1.29 is 18.0 Å². The van der Waals surface area contributed by atoms with Crippen LogP contribution in [0.5, 0.6) is 0 Å². The number of hydrogen-bond acceptors (Lipinski definition) is 3. The van der Waals surface area contributed by atoms with Crippen LogP contribution in [0.1, 0.15) is 21.7 Å². The first kappa shape index (κ1) is 20.7. The molecule has 31 heavy (non-hydrogen) atoms. The van der Waals surface area contributed by atoms with Gasteiger partial charge in [-0.3, -0.25) is 9.59 Å². The molecule has 0 aliphatic carbocycles. The molecule has 0 aliphatic rings. The molecular formula is C21H14ClF3N4O2. The van der Waals surface area contributed by atoms with Crippen molar-refractivity contribution in [2.45, 2.75) is 13.1 Å². The number of alkyl halides is 3. The standard InChI is InChI=1S/C21H14ClF3N4O2/c1-11-15(19(30)27-14-9-5-8-13(22)10-14)20(31)29-18(26-11)16(12-6-3-2-4-7-12)17(28-29)21(23,24)25/h2-10,26H,1H3,(H,27,30). The highest BCUT2D eigenvalue weighted by atomic mass is 35.5. The zero-order chi connectivity index (χ0) is 22.3. The van der Waals surface area contributed by atoms with E-state index in [9.17, 15) is 22.8 Å². The summed E-state index contributed by atoms with van der Waals surface area (Å²) in [4.78, 5) is 28.5. The molecule has 0 spiro atoms. The number of aromatic amines is 1. The lowest BCUT2D eigenvalue weighted by molar-refractivity contribution is -0.140. The van der Waals surface area contributed by atoms with Gasteiger partial charge in [0.15, 0.2) is 5.69 Å². The summed E-state index contributed by atoms with van der Waals surface area (Å²) in [6, 6.07) is 14.0. The van der Waals surface area contributed by atoms with Gasteiger partial charge in [-0.25, -0.2) is 0 Å². The van der Waals surface area contributed by atoms with E-state index >= 15 is 0 Å². The van der Waals surface area contributed by atoms with Crippen molar-refractivity contribution in [3.8, 4) is 11.1 Å². The predicted octanol–water partition coefficient (Wildman–Crippen LogP) is 4.92. The number of fused-ring (bicyclic) bond motifs is 1. The molecule has 0 aliphatic heterocycles. The van der Waals surface area contributed by atoms with Crippen LogP contribution in [0.4, 0.5) is 18.9 Å². The van der Waals surface area contributed by atoms with Crippen LogP contribution in [0.3, 0.4) is 0 Å². The Morgan fingerprint density at radius 3 is 2.48 bits per heavy atom. The van der Waals surface area contributed by atoms with E-state index < -0.39 is 23.3 Å². The molecule has 0 radical (unpaired) electrons. The second kappa shape index (κ2) is 7.59. The van der Waals surface area contributed by atoms with Crippen molar-refractivity contribution in [1.82, 2.24) is 14.6 Å². The summed E-state index contributed by atoms with van der Waals surface area (Å²) in [7, 11) is 0. The van der Waals surface area contributed by atoms with Crippen molar-refractivity contribution in [3.05, 3.63) is 86.9 Å². The first-order valence-corrected chi connectivity index (χ1v) is 9.40. The first-order valence-electron chi connectivity index (χ1n) is 9.02. The summed E-state index contributed by atoms with van der Waals surface area (Å²) < 4.78 is 41.7. The molecule has 2 heterocycles. The number of carbonyl (C=O) groups is 1. The Kier molecular flexibility index (Phi) is 5.06. The quantitative estimate of drug-likeness (QED) is 0.468. The van der Waals surface area contributed by atoms with E-state index in [2.05, 4.69) is 15.4 Å². The number of aryl methyl sites for hydroxylation is 1. The number of aromatic nitrogens is 3. The number of anilines is 1. The average molecular weight is 447 g/mol. The second-order valence-electron chi connectivity index (χ2n) is 6.74. The van der Waals surface area contributed by atoms with E-state index in [1.807, 2.05) is 0 Å².